The van der Waals surface area contributed by atoms with E-state index in [0.717, 1.165) is 17.8 Å². The average molecular weight is 222 g/mol. The van der Waals surface area contributed by atoms with E-state index >= 15 is 0 Å². The summed E-state index contributed by atoms with van der Waals surface area (Å²) in [5.74, 6) is -0.754. The molecule has 1 aromatic heterocycles. The Kier molecular flexibility index (Phi) is 4.92. The van der Waals surface area contributed by atoms with Gasteiger partial charge in [-0.1, -0.05) is 13.0 Å². The summed E-state index contributed by atoms with van der Waals surface area (Å²) < 4.78 is 0. The van der Waals surface area contributed by atoms with Crippen LogP contribution in [0.2, 0.25) is 0 Å². The lowest BCUT2D eigenvalue weighted by molar-refractivity contribution is -0.137. The van der Waals surface area contributed by atoms with Gasteiger partial charge in [0.05, 0.1) is 12.1 Å². The van der Waals surface area contributed by atoms with Crippen LogP contribution < -0.4 is 0 Å². The Labute approximate surface area is 95.9 Å². The molecule has 0 aliphatic heterocycles. The Morgan fingerprint density at radius 2 is 2.25 bits per heavy atom. The summed E-state index contributed by atoms with van der Waals surface area (Å²) in [6.07, 6.45) is 2.01. The zero-order chi connectivity index (χ0) is 12.0. The first kappa shape index (κ1) is 12.6. The van der Waals surface area contributed by atoms with Crippen LogP contribution in [0, 0.1) is 6.92 Å². The van der Waals surface area contributed by atoms with Crippen molar-refractivity contribution in [2.24, 2.45) is 0 Å². The van der Waals surface area contributed by atoms with Crippen molar-refractivity contribution in [3.05, 3.63) is 29.6 Å². The Bertz CT molecular complexity index is 335. The predicted octanol–water partition coefficient (Wildman–Crippen LogP) is 1.69. The highest BCUT2D eigenvalue weighted by molar-refractivity contribution is 5.66. The average Bonchev–Trinajstić information content (AvgIpc) is 2.26. The van der Waals surface area contributed by atoms with Gasteiger partial charge in [-0.2, -0.15) is 0 Å². The molecule has 0 saturated carbocycles. The fraction of sp³-hybridized carbons (Fsp3) is 0.500. The summed E-state index contributed by atoms with van der Waals surface area (Å²) in [6.45, 7) is 6.14. The van der Waals surface area contributed by atoms with Gasteiger partial charge in [0, 0.05) is 19.3 Å². The van der Waals surface area contributed by atoms with E-state index in [-0.39, 0.29) is 6.42 Å². The van der Waals surface area contributed by atoms with Gasteiger partial charge in [0.1, 0.15) is 0 Å². The van der Waals surface area contributed by atoms with Gasteiger partial charge in [-0.05, 0) is 25.1 Å². The van der Waals surface area contributed by atoms with E-state index in [1.807, 2.05) is 32.2 Å². The summed E-state index contributed by atoms with van der Waals surface area (Å²) in [6, 6.07) is 4.01. The predicted molar refractivity (Wildman–Crippen MR) is 62.2 cm³/mol. The van der Waals surface area contributed by atoms with Crippen molar-refractivity contribution in [3.8, 4) is 0 Å². The molecular formula is C12H18N2O2. The molecule has 0 fully saturated rings. The lowest BCUT2D eigenvalue weighted by Gasteiger charge is -2.18. The van der Waals surface area contributed by atoms with Crippen LogP contribution in [0.5, 0.6) is 0 Å². The molecule has 4 heteroatoms. The van der Waals surface area contributed by atoms with Gasteiger partial charge in [0.15, 0.2) is 0 Å². The molecule has 0 amide bonds. The highest BCUT2D eigenvalue weighted by Crippen LogP contribution is 2.03. The van der Waals surface area contributed by atoms with Crippen molar-refractivity contribution in [2.75, 3.05) is 13.1 Å². The molecular weight excluding hydrogens is 204 g/mol. The number of pyridine rings is 1. The van der Waals surface area contributed by atoms with E-state index in [0.29, 0.717) is 13.1 Å². The molecule has 0 bridgehead atoms. The Morgan fingerprint density at radius 3 is 2.75 bits per heavy atom. The number of carboxylic acids is 1. The maximum absolute atomic E-state index is 10.5. The minimum atomic E-state index is -0.754. The molecule has 0 unspecified atom stereocenters. The number of rotatable bonds is 6. The summed E-state index contributed by atoms with van der Waals surface area (Å²) in [7, 11) is 0. The van der Waals surface area contributed by atoms with Gasteiger partial charge < -0.3 is 5.11 Å². The van der Waals surface area contributed by atoms with Gasteiger partial charge in [-0.3, -0.25) is 14.7 Å². The number of aromatic nitrogens is 1. The first-order valence-corrected chi connectivity index (χ1v) is 5.47. The zero-order valence-electron chi connectivity index (χ0n) is 9.81. The maximum atomic E-state index is 10.5. The zero-order valence-corrected chi connectivity index (χ0v) is 9.81. The fourth-order valence-corrected chi connectivity index (χ4v) is 1.42. The second-order valence-electron chi connectivity index (χ2n) is 3.84. The van der Waals surface area contributed by atoms with Crippen molar-refractivity contribution >= 4 is 5.97 Å². The standard InChI is InChI=1S/C12H18N2O2/c1-3-14(7-6-12(15)16)9-11-5-4-10(2)8-13-11/h4-5,8H,3,6-7,9H2,1-2H3,(H,15,16). The molecule has 0 atom stereocenters. The summed E-state index contributed by atoms with van der Waals surface area (Å²) in [5.41, 5.74) is 2.12. The van der Waals surface area contributed by atoms with Crippen LogP contribution in [0.3, 0.4) is 0 Å². The molecule has 0 radical (unpaired) electrons. The third-order valence-electron chi connectivity index (χ3n) is 2.45. The van der Waals surface area contributed by atoms with Crippen LogP contribution >= 0.6 is 0 Å². The van der Waals surface area contributed by atoms with Crippen LogP contribution in [0.15, 0.2) is 18.3 Å². The molecule has 88 valence electrons. The first-order valence-electron chi connectivity index (χ1n) is 5.47. The normalized spacial score (nSPS) is 10.7. The number of nitrogens with zero attached hydrogens (tertiary/aromatic N) is 2. The highest BCUT2D eigenvalue weighted by Gasteiger charge is 2.06. The largest absolute Gasteiger partial charge is 0.481 e. The third kappa shape index (κ3) is 4.40. The summed E-state index contributed by atoms with van der Waals surface area (Å²) in [4.78, 5) is 16.9. The molecule has 1 rings (SSSR count). The lowest BCUT2D eigenvalue weighted by Crippen LogP contribution is -2.26. The number of carboxylic acid groups (broad SMARTS) is 1. The molecule has 4 nitrogen and oxygen atoms in total. The first-order chi connectivity index (χ1) is 7.61. The van der Waals surface area contributed by atoms with Gasteiger partial charge in [-0.15, -0.1) is 0 Å². The number of hydrogen-bond acceptors (Lipinski definition) is 3. The van der Waals surface area contributed by atoms with Crippen LogP contribution in [-0.4, -0.2) is 34.0 Å². The second-order valence-corrected chi connectivity index (χ2v) is 3.84. The molecule has 16 heavy (non-hydrogen) atoms. The third-order valence-corrected chi connectivity index (χ3v) is 2.45. The Balaban J connectivity index is 2.49. The second kappa shape index (κ2) is 6.23. The number of carbonyl (C=O) groups is 1. The van der Waals surface area contributed by atoms with E-state index < -0.39 is 5.97 Å². The topological polar surface area (TPSA) is 53.4 Å². The van der Waals surface area contributed by atoms with Crippen molar-refractivity contribution in [2.45, 2.75) is 26.8 Å². The van der Waals surface area contributed by atoms with E-state index in [2.05, 4.69) is 9.88 Å². The molecule has 0 saturated heterocycles. The van der Waals surface area contributed by atoms with Crippen molar-refractivity contribution in [3.63, 3.8) is 0 Å². The van der Waals surface area contributed by atoms with Gasteiger partial charge in [-0.25, -0.2) is 0 Å². The van der Waals surface area contributed by atoms with Crippen LogP contribution in [-0.2, 0) is 11.3 Å². The van der Waals surface area contributed by atoms with Gasteiger partial charge >= 0.3 is 5.97 Å². The van der Waals surface area contributed by atoms with E-state index in [9.17, 15) is 4.79 Å². The summed E-state index contributed by atoms with van der Waals surface area (Å²) >= 11 is 0. The van der Waals surface area contributed by atoms with Crippen molar-refractivity contribution in [1.29, 1.82) is 0 Å². The summed E-state index contributed by atoms with van der Waals surface area (Å²) in [5, 5.41) is 8.62. The molecule has 0 spiro atoms. The smallest absolute Gasteiger partial charge is 0.304 e. The van der Waals surface area contributed by atoms with Crippen LogP contribution in [0.25, 0.3) is 0 Å². The van der Waals surface area contributed by atoms with Crippen molar-refractivity contribution in [1.82, 2.24) is 9.88 Å². The minimum absolute atomic E-state index is 0.180. The lowest BCUT2D eigenvalue weighted by atomic mass is 10.2. The quantitative estimate of drug-likeness (QED) is 0.795. The van der Waals surface area contributed by atoms with Gasteiger partial charge in [0.25, 0.3) is 0 Å². The Hall–Kier alpha value is -1.42. The van der Waals surface area contributed by atoms with Crippen LogP contribution in [0.4, 0.5) is 0 Å². The molecule has 1 heterocycles. The van der Waals surface area contributed by atoms with Gasteiger partial charge in [0.2, 0.25) is 0 Å². The fourth-order valence-electron chi connectivity index (χ4n) is 1.42. The maximum Gasteiger partial charge on any atom is 0.304 e. The minimum Gasteiger partial charge on any atom is -0.481 e. The molecule has 1 aromatic rings. The molecule has 1 N–H and O–H groups in total. The number of aliphatic carboxylic acids is 1. The van der Waals surface area contributed by atoms with Crippen molar-refractivity contribution < 1.29 is 9.90 Å². The van der Waals surface area contributed by atoms with E-state index in [4.69, 9.17) is 5.11 Å². The molecule has 0 aliphatic carbocycles. The van der Waals surface area contributed by atoms with E-state index in [1.54, 1.807) is 0 Å². The number of aryl methyl sites for hydroxylation is 1. The SMILES string of the molecule is CCN(CCC(=O)O)Cc1ccc(C)cn1. The highest BCUT2D eigenvalue weighted by atomic mass is 16.4. The van der Waals surface area contributed by atoms with E-state index in [1.165, 1.54) is 0 Å². The van der Waals surface area contributed by atoms with Crippen LogP contribution in [0.1, 0.15) is 24.6 Å². The Morgan fingerprint density at radius 1 is 1.50 bits per heavy atom. The monoisotopic (exact) mass is 222 g/mol. The number of hydrogen-bond donors (Lipinski definition) is 1. The molecule has 0 aliphatic rings. The molecule has 0 aromatic carbocycles.